The van der Waals surface area contributed by atoms with Gasteiger partial charge < -0.3 is 5.32 Å². The predicted molar refractivity (Wildman–Crippen MR) is 73.6 cm³/mol. The second-order valence-corrected chi connectivity index (χ2v) is 4.51. The molecule has 1 heterocycles. The smallest absolute Gasteiger partial charge is 0.0450 e. The maximum absolute atomic E-state index is 6.05. The Morgan fingerprint density at radius 3 is 2.62 bits per heavy atom. The molecule has 1 N–H and O–H groups in total. The van der Waals surface area contributed by atoms with Gasteiger partial charge in [-0.3, -0.25) is 0 Å². The summed E-state index contributed by atoms with van der Waals surface area (Å²) in [6.07, 6.45) is 0. The van der Waals surface area contributed by atoms with Crippen molar-refractivity contribution in [3.63, 3.8) is 0 Å². The van der Waals surface area contributed by atoms with Crippen LogP contribution in [0.3, 0.4) is 0 Å². The molecule has 0 amide bonds. The Morgan fingerprint density at radius 2 is 1.94 bits per heavy atom. The van der Waals surface area contributed by atoms with E-state index in [-0.39, 0.29) is 12.4 Å². The zero-order valence-corrected chi connectivity index (χ0v) is 11.0. The average molecular weight is 274 g/mol. The number of hydrogen-bond donors (Lipinski definition) is 1. The minimum absolute atomic E-state index is 0. The number of benzene rings is 1. The Bertz CT molecular complexity index is 415. The fourth-order valence-electron chi connectivity index (χ4n) is 1.38. The van der Waals surface area contributed by atoms with E-state index in [9.17, 15) is 0 Å². The number of hydrogen-bond acceptors (Lipinski definition) is 2. The molecule has 0 fully saturated rings. The van der Waals surface area contributed by atoms with Crippen LogP contribution in [0.15, 0.2) is 41.1 Å². The number of halogens is 2. The molecule has 2 aromatic rings. The Balaban J connectivity index is 0.00000128. The van der Waals surface area contributed by atoms with Crippen LogP contribution < -0.4 is 5.32 Å². The molecule has 2 rings (SSSR count). The lowest BCUT2D eigenvalue weighted by Gasteiger charge is -2.05. The second kappa shape index (κ2) is 6.92. The van der Waals surface area contributed by atoms with Crippen molar-refractivity contribution < 1.29 is 0 Å². The standard InChI is InChI=1S/C12H12ClNS.ClH/c13-12-4-2-1-3-11(12)8-14-7-10-5-6-15-9-10;/h1-6,9,14H,7-8H2;1H. The monoisotopic (exact) mass is 273 g/mol. The van der Waals surface area contributed by atoms with Crippen LogP contribution in [-0.4, -0.2) is 0 Å². The van der Waals surface area contributed by atoms with E-state index in [0.29, 0.717) is 0 Å². The first kappa shape index (κ1) is 13.5. The largest absolute Gasteiger partial charge is 0.309 e. The third-order valence-electron chi connectivity index (χ3n) is 2.18. The van der Waals surface area contributed by atoms with Gasteiger partial charge in [0.2, 0.25) is 0 Å². The van der Waals surface area contributed by atoms with Crippen LogP contribution in [0.4, 0.5) is 0 Å². The summed E-state index contributed by atoms with van der Waals surface area (Å²) in [4.78, 5) is 0. The van der Waals surface area contributed by atoms with Crippen molar-refractivity contribution in [2.24, 2.45) is 0 Å². The average Bonchev–Trinajstić information content (AvgIpc) is 2.74. The van der Waals surface area contributed by atoms with Crippen LogP contribution in [0.25, 0.3) is 0 Å². The highest BCUT2D eigenvalue weighted by Gasteiger charge is 1.98. The van der Waals surface area contributed by atoms with E-state index in [1.807, 2.05) is 24.3 Å². The maximum atomic E-state index is 6.05. The fraction of sp³-hybridized carbons (Fsp3) is 0.167. The molecule has 16 heavy (non-hydrogen) atoms. The van der Waals surface area contributed by atoms with Crippen molar-refractivity contribution in [2.75, 3.05) is 0 Å². The summed E-state index contributed by atoms with van der Waals surface area (Å²) >= 11 is 7.77. The lowest BCUT2D eigenvalue weighted by Crippen LogP contribution is -2.12. The van der Waals surface area contributed by atoms with Crippen LogP contribution in [-0.2, 0) is 13.1 Å². The topological polar surface area (TPSA) is 12.0 Å². The first-order valence-electron chi connectivity index (χ1n) is 4.81. The Kier molecular flexibility index (Phi) is 5.85. The molecule has 0 saturated carbocycles. The van der Waals surface area contributed by atoms with E-state index in [2.05, 4.69) is 22.1 Å². The summed E-state index contributed by atoms with van der Waals surface area (Å²) in [5.41, 5.74) is 2.47. The van der Waals surface area contributed by atoms with Gasteiger partial charge in [-0.2, -0.15) is 11.3 Å². The van der Waals surface area contributed by atoms with Crippen LogP contribution in [0.1, 0.15) is 11.1 Å². The minimum atomic E-state index is 0. The van der Waals surface area contributed by atoms with Gasteiger partial charge in [-0.15, -0.1) is 12.4 Å². The first-order chi connectivity index (χ1) is 7.36. The molecule has 0 aliphatic heterocycles. The molecular formula is C12H13Cl2NS. The molecule has 4 heteroatoms. The van der Waals surface area contributed by atoms with E-state index in [0.717, 1.165) is 23.7 Å². The van der Waals surface area contributed by atoms with E-state index >= 15 is 0 Å². The molecule has 0 unspecified atom stereocenters. The first-order valence-corrected chi connectivity index (χ1v) is 6.13. The van der Waals surface area contributed by atoms with E-state index < -0.39 is 0 Å². The molecule has 0 spiro atoms. The molecule has 86 valence electrons. The lowest BCUT2D eigenvalue weighted by atomic mass is 10.2. The Morgan fingerprint density at radius 1 is 1.12 bits per heavy atom. The summed E-state index contributed by atoms with van der Waals surface area (Å²) in [6, 6.07) is 10.1. The van der Waals surface area contributed by atoms with Crippen LogP contribution in [0.5, 0.6) is 0 Å². The summed E-state index contributed by atoms with van der Waals surface area (Å²) < 4.78 is 0. The van der Waals surface area contributed by atoms with Crippen LogP contribution in [0, 0.1) is 0 Å². The van der Waals surface area contributed by atoms with Gasteiger partial charge in [-0.25, -0.2) is 0 Å². The number of rotatable bonds is 4. The zero-order chi connectivity index (χ0) is 10.5. The van der Waals surface area contributed by atoms with Gasteiger partial charge in [0.1, 0.15) is 0 Å². The quantitative estimate of drug-likeness (QED) is 0.884. The molecule has 0 bridgehead atoms. The molecule has 0 aliphatic carbocycles. The number of nitrogens with one attached hydrogen (secondary N) is 1. The third-order valence-corrected chi connectivity index (χ3v) is 3.28. The Labute approximate surface area is 111 Å². The normalized spacial score (nSPS) is 9.81. The molecule has 1 aromatic heterocycles. The molecule has 1 nitrogen and oxygen atoms in total. The maximum Gasteiger partial charge on any atom is 0.0450 e. The highest BCUT2D eigenvalue weighted by atomic mass is 35.5. The zero-order valence-electron chi connectivity index (χ0n) is 8.65. The highest BCUT2D eigenvalue weighted by molar-refractivity contribution is 7.07. The van der Waals surface area contributed by atoms with E-state index in [4.69, 9.17) is 11.6 Å². The number of thiophene rings is 1. The van der Waals surface area contributed by atoms with Crippen LogP contribution >= 0.6 is 35.3 Å². The Hall–Kier alpha value is -0.540. The van der Waals surface area contributed by atoms with Crippen molar-refractivity contribution in [3.05, 3.63) is 57.2 Å². The van der Waals surface area contributed by atoms with Crippen molar-refractivity contribution in [2.45, 2.75) is 13.1 Å². The summed E-state index contributed by atoms with van der Waals surface area (Å²) in [6.45, 7) is 1.71. The highest BCUT2D eigenvalue weighted by Crippen LogP contribution is 2.14. The third kappa shape index (κ3) is 3.80. The van der Waals surface area contributed by atoms with Crippen molar-refractivity contribution in [3.8, 4) is 0 Å². The molecule has 0 aliphatic rings. The second-order valence-electron chi connectivity index (χ2n) is 3.33. The van der Waals surface area contributed by atoms with Gasteiger partial charge in [-0.05, 0) is 34.0 Å². The summed E-state index contributed by atoms with van der Waals surface area (Å²) in [5.74, 6) is 0. The minimum Gasteiger partial charge on any atom is -0.309 e. The SMILES string of the molecule is Cl.Clc1ccccc1CNCc1ccsc1. The molecular weight excluding hydrogens is 261 g/mol. The van der Waals surface area contributed by atoms with Gasteiger partial charge in [0, 0.05) is 18.1 Å². The summed E-state index contributed by atoms with van der Waals surface area (Å²) in [5, 5.41) is 8.44. The van der Waals surface area contributed by atoms with Gasteiger partial charge in [0.15, 0.2) is 0 Å². The fourth-order valence-corrected chi connectivity index (χ4v) is 2.25. The summed E-state index contributed by atoms with van der Waals surface area (Å²) in [7, 11) is 0. The lowest BCUT2D eigenvalue weighted by molar-refractivity contribution is 0.695. The molecule has 0 atom stereocenters. The molecule has 0 saturated heterocycles. The molecule has 1 aromatic carbocycles. The predicted octanol–water partition coefficient (Wildman–Crippen LogP) is 4.11. The van der Waals surface area contributed by atoms with Crippen molar-refractivity contribution >= 4 is 35.3 Å². The van der Waals surface area contributed by atoms with Crippen molar-refractivity contribution in [1.82, 2.24) is 5.32 Å². The van der Waals surface area contributed by atoms with Crippen LogP contribution in [0.2, 0.25) is 5.02 Å². The molecule has 0 radical (unpaired) electrons. The van der Waals surface area contributed by atoms with Gasteiger partial charge in [0.05, 0.1) is 0 Å². The van der Waals surface area contributed by atoms with E-state index in [1.165, 1.54) is 5.56 Å². The van der Waals surface area contributed by atoms with E-state index in [1.54, 1.807) is 11.3 Å². The van der Waals surface area contributed by atoms with Gasteiger partial charge in [-0.1, -0.05) is 29.8 Å². The van der Waals surface area contributed by atoms with Gasteiger partial charge in [0.25, 0.3) is 0 Å². The van der Waals surface area contributed by atoms with Crippen molar-refractivity contribution in [1.29, 1.82) is 0 Å². The van der Waals surface area contributed by atoms with Gasteiger partial charge >= 0.3 is 0 Å².